The summed E-state index contributed by atoms with van der Waals surface area (Å²) in [4.78, 5) is 0. The molecule has 0 radical (unpaired) electrons. The molecule has 0 unspecified atom stereocenters. The maximum absolute atomic E-state index is 12.9. The van der Waals surface area contributed by atoms with Crippen LogP contribution in [0.3, 0.4) is 0 Å². The Morgan fingerprint density at radius 2 is 2.00 bits per heavy atom. The molecule has 3 N–H and O–H groups in total. The highest BCUT2D eigenvalue weighted by Gasteiger charge is 2.23. The Hall–Kier alpha value is -0.400. The molecule has 0 fully saturated rings. The van der Waals surface area contributed by atoms with Crippen LogP contribution in [0.15, 0.2) is 18.2 Å². The smallest absolute Gasteiger partial charge is 0.216 e. The zero-order chi connectivity index (χ0) is 14.0. The number of halogens is 3. The van der Waals surface area contributed by atoms with Crippen LogP contribution in [-0.2, 0) is 15.8 Å². The minimum atomic E-state index is -3.55. The zero-order valence-electron chi connectivity index (χ0n) is 10.6. The maximum atomic E-state index is 12.9. The van der Waals surface area contributed by atoms with Gasteiger partial charge >= 0.3 is 0 Å². The second-order valence-corrected chi connectivity index (χ2v) is 6.83. The fourth-order valence-electron chi connectivity index (χ4n) is 1.35. The van der Waals surface area contributed by atoms with Crippen molar-refractivity contribution in [3.8, 4) is 0 Å². The van der Waals surface area contributed by atoms with E-state index in [-0.39, 0.29) is 29.7 Å². The topological polar surface area (TPSA) is 72.2 Å². The third-order valence-corrected chi connectivity index (χ3v) is 4.15. The first-order valence-corrected chi connectivity index (χ1v) is 7.34. The highest BCUT2D eigenvalue weighted by molar-refractivity contribution is 7.88. The summed E-state index contributed by atoms with van der Waals surface area (Å²) in [6.45, 7) is 3.54. The number of sulfonamides is 1. The fraction of sp³-hybridized carbons (Fsp3) is 0.455. The number of nitrogens with one attached hydrogen (secondary N) is 1. The summed E-state index contributed by atoms with van der Waals surface area (Å²) in [6, 6.07) is 3.82. The summed E-state index contributed by atoms with van der Waals surface area (Å²) in [7, 11) is -3.55. The maximum Gasteiger partial charge on any atom is 0.216 e. The average molecular weight is 331 g/mol. The van der Waals surface area contributed by atoms with E-state index in [9.17, 15) is 12.8 Å². The monoisotopic (exact) mass is 330 g/mol. The minimum absolute atomic E-state index is 0. The summed E-state index contributed by atoms with van der Waals surface area (Å²) in [5, 5.41) is -0.0965. The van der Waals surface area contributed by atoms with Gasteiger partial charge in [0.15, 0.2) is 0 Å². The molecule has 19 heavy (non-hydrogen) atoms. The first-order chi connectivity index (χ1) is 8.15. The first-order valence-electron chi connectivity index (χ1n) is 5.31. The van der Waals surface area contributed by atoms with Crippen molar-refractivity contribution in [2.45, 2.75) is 25.1 Å². The second kappa shape index (κ2) is 6.85. The van der Waals surface area contributed by atoms with Crippen LogP contribution in [0.1, 0.15) is 19.4 Å². The largest absolute Gasteiger partial charge is 0.329 e. The summed E-state index contributed by atoms with van der Waals surface area (Å²) in [6.07, 6.45) is 0. The van der Waals surface area contributed by atoms with Gasteiger partial charge in [-0.25, -0.2) is 17.5 Å². The molecule has 0 heterocycles. The van der Waals surface area contributed by atoms with Crippen molar-refractivity contribution in [3.05, 3.63) is 34.6 Å². The van der Waals surface area contributed by atoms with Crippen LogP contribution in [0.5, 0.6) is 0 Å². The predicted octanol–water partition coefficient (Wildman–Crippen LogP) is 2.06. The lowest BCUT2D eigenvalue weighted by Gasteiger charge is -2.23. The molecule has 1 rings (SSSR count). The molecular weight excluding hydrogens is 314 g/mol. The minimum Gasteiger partial charge on any atom is -0.329 e. The van der Waals surface area contributed by atoms with Crippen molar-refractivity contribution in [2.75, 3.05) is 6.54 Å². The van der Waals surface area contributed by atoms with E-state index in [1.165, 1.54) is 12.1 Å². The van der Waals surface area contributed by atoms with Crippen LogP contribution in [0.4, 0.5) is 4.39 Å². The first kappa shape index (κ1) is 18.6. The normalized spacial score (nSPS) is 12.1. The molecule has 0 saturated heterocycles. The van der Waals surface area contributed by atoms with Crippen molar-refractivity contribution in [3.63, 3.8) is 0 Å². The van der Waals surface area contributed by atoms with E-state index in [1.54, 1.807) is 13.8 Å². The molecule has 0 aliphatic carbocycles. The van der Waals surface area contributed by atoms with Crippen LogP contribution < -0.4 is 10.5 Å². The molecule has 0 aliphatic heterocycles. The van der Waals surface area contributed by atoms with Gasteiger partial charge in [-0.2, -0.15) is 0 Å². The molecule has 0 saturated carbocycles. The Morgan fingerprint density at radius 3 is 2.47 bits per heavy atom. The Balaban J connectivity index is 0.00000324. The molecule has 0 amide bonds. The lowest BCUT2D eigenvalue weighted by Crippen LogP contribution is -2.49. The van der Waals surface area contributed by atoms with E-state index in [1.807, 2.05) is 0 Å². The van der Waals surface area contributed by atoms with Crippen LogP contribution >= 0.6 is 24.0 Å². The predicted molar refractivity (Wildman–Crippen MR) is 77.6 cm³/mol. The van der Waals surface area contributed by atoms with Gasteiger partial charge in [-0.3, -0.25) is 0 Å². The fourth-order valence-corrected chi connectivity index (χ4v) is 3.17. The van der Waals surface area contributed by atoms with Gasteiger partial charge in [0.2, 0.25) is 10.0 Å². The van der Waals surface area contributed by atoms with Crippen LogP contribution in [-0.4, -0.2) is 20.5 Å². The van der Waals surface area contributed by atoms with Gasteiger partial charge in [0.05, 0.1) is 10.8 Å². The third kappa shape index (κ3) is 6.05. The molecule has 4 nitrogen and oxygen atoms in total. The molecular formula is C11H17Cl2FN2O2S. The second-order valence-electron chi connectivity index (χ2n) is 4.70. The SMILES string of the molecule is CC(C)(CN)NS(=O)(=O)Cc1ccc(F)c(Cl)c1.Cl. The Bertz CT molecular complexity index is 535. The molecule has 1 aromatic rings. The van der Waals surface area contributed by atoms with E-state index in [0.717, 1.165) is 6.07 Å². The van der Waals surface area contributed by atoms with Crippen molar-refractivity contribution in [1.29, 1.82) is 0 Å². The van der Waals surface area contributed by atoms with Gasteiger partial charge in [-0.1, -0.05) is 17.7 Å². The lowest BCUT2D eigenvalue weighted by molar-refractivity contribution is 0.462. The molecule has 0 atom stereocenters. The molecule has 0 aliphatic rings. The Labute approximate surface area is 124 Å². The number of nitrogens with two attached hydrogens (primary N) is 1. The van der Waals surface area contributed by atoms with Gasteiger partial charge in [-0.15, -0.1) is 12.4 Å². The highest BCUT2D eigenvalue weighted by atomic mass is 35.5. The van der Waals surface area contributed by atoms with E-state index in [2.05, 4.69) is 4.72 Å². The summed E-state index contributed by atoms with van der Waals surface area (Å²) >= 11 is 5.59. The molecule has 0 spiro atoms. The molecule has 110 valence electrons. The van der Waals surface area contributed by atoms with E-state index >= 15 is 0 Å². The van der Waals surface area contributed by atoms with Crippen molar-refractivity contribution < 1.29 is 12.8 Å². The molecule has 0 aromatic heterocycles. The van der Waals surface area contributed by atoms with Gasteiger partial charge in [0.1, 0.15) is 5.82 Å². The average Bonchev–Trinajstić information content (AvgIpc) is 2.21. The van der Waals surface area contributed by atoms with E-state index < -0.39 is 21.4 Å². The van der Waals surface area contributed by atoms with E-state index in [4.69, 9.17) is 17.3 Å². The number of hydrogen-bond acceptors (Lipinski definition) is 3. The van der Waals surface area contributed by atoms with Gasteiger partial charge < -0.3 is 5.73 Å². The summed E-state index contributed by atoms with van der Waals surface area (Å²) < 4.78 is 39.2. The Morgan fingerprint density at radius 1 is 1.42 bits per heavy atom. The quantitative estimate of drug-likeness (QED) is 0.867. The van der Waals surface area contributed by atoms with Crippen molar-refractivity contribution in [1.82, 2.24) is 4.72 Å². The van der Waals surface area contributed by atoms with Gasteiger partial charge in [-0.05, 0) is 31.5 Å². The van der Waals surface area contributed by atoms with Crippen LogP contribution in [0.2, 0.25) is 5.02 Å². The van der Waals surface area contributed by atoms with E-state index in [0.29, 0.717) is 5.56 Å². The number of rotatable bonds is 5. The standard InChI is InChI=1S/C11H16ClFN2O2S.ClH/c1-11(2,7-14)15-18(16,17)6-8-3-4-10(13)9(12)5-8;/h3-5,15H,6-7,14H2,1-2H3;1H. The number of hydrogen-bond donors (Lipinski definition) is 2. The lowest BCUT2D eigenvalue weighted by atomic mass is 10.1. The van der Waals surface area contributed by atoms with Crippen LogP contribution in [0.25, 0.3) is 0 Å². The van der Waals surface area contributed by atoms with Crippen molar-refractivity contribution in [2.24, 2.45) is 5.73 Å². The third-order valence-electron chi connectivity index (χ3n) is 2.28. The molecule has 8 heteroatoms. The zero-order valence-corrected chi connectivity index (χ0v) is 13.0. The Kier molecular flexibility index (Phi) is 6.71. The highest BCUT2D eigenvalue weighted by Crippen LogP contribution is 2.18. The molecule has 0 bridgehead atoms. The van der Waals surface area contributed by atoms with Crippen LogP contribution in [0, 0.1) is 5.82 Å². The summed E-state index contributed by atoms with van der Waals surface area (Å²) in [5.74, 6) is -0.843. The number of benzene rings is 1. The van der Waals surface area contributed by atoms with Crippen molar-refractivity contribution >= 4 is 34.0 Å². The van der Waals surface area contributed by atoms with Gasteiger partial charge in [0, 0.05) is 12.1 Å². The molecule has 1 aromatic carbocycles. The summed E-state index contributed by atoms with van der Waals surface area (Å²) in [5.41, 5.74) is 5.15. The van der Waals surface area contributed by atoms with Gasteiger partial charge in [0.25, 0.3) is 0 Å².